The SMILES string of the molecule is COCN(C)C[Si](C)(C)C.COc1cc(Cl)ccc1/C=C\c1ncccc1Br.COc1cc(Cl)ccc1C1CN(C)CC1c1ncccc1Br. The molecule has 2 aromatic carbocycles. The first kappa shape index (κ1) is 42.1. The van der Waals surface area contributed by atoms with Crippen LogP contribution in [0.25, 0.3) is 12.2 Å². The topological polar surface area (TPSA) is 60.0 Å². The Morgan fingerprint density at radius 1 is 0.840 bits per heavy atom. The molecule has 50 heavy (non-hydrogen) atoms. The molecule has 270 valence electrons. The van der Waals surface area contributed by atoms with Crippen LogP contribution in [0.2, 0.25) is 29.7 Å². The fourth-order valence-corrected chi connectivity index (χ4v) is 8.81. The molecule has 4 aromatic rings. The molecule has 2 unspecified atom stereocenters. The first-order valence-electron chi connectivity index (χ1n) is 16.2. The molecule has 1 aliphatic rings. The van der Waals surface area contributed by atoms with Crippen LogP contribution < -0.4 is 9.47 Å². The van der Waals surface area contributed by atoms with E-state index in [1.54, 1.807) is 33.6 Å². The number of hydrogen-bond acceptors (Lipinski definition) is 7. The number of likely N-dealkylation sites (tertiary alicyclic amines) is 1. The predicted molar refractivity (Wildman–Crippen MR) is 220 cm³/mol. The number of pyridine rings is 2. The van der Waals surface area contributed by atoms with Crippen molar-refractivity contribution in [2.75, 3.05) is 61.4 Å². The molecule has 0 amide bonds. The van der Waals surface area contributed by atoms with Gasteiger partial charge in [0.2, 0.25) is 0 Å². The summed E-state index contributed by atoms with van der Waals surface area (Å²) in [5, 5.41) is 1.35. The van der Waals surface area contributed by atoms with Crippen molar-refractivity contribution < 1.29 is 14.2 Å². The first-order chi connectivity index (χ1) is 23.8. The van der Waals surface area contributed by atoms with E-state index >= 15 is 0 Å². The highest BCUT2D eigenvalue weighted by molar-refractivity contribution is 9.10. The molecular formula is C38H48Br2Cl2N4O3Si. The first-order valence-corrected chi connectivity index (χ1v) is 22.2. The Bertz CT molecular complexity index is 1690. The Morgan fingerprint density at radius 2 is 1.44 bits per heavy atom. The lowest BCUT2D eigenvalue weighted by atomic mass is 9.86. The second kappa shape index (κ2) is 20.7. The fourth-order valence-electron chi connectivity index (χ4n) is 5.84. The Balaban J connectivity index is 0.000000218. The summed E-state index contributed by atoms with van der Waals surface area (Å²) in [4.78, 5) is 13.4. The van der Waals surface area contributed by atoms with Gasteiger partial charge >= 0.3 is 0 Å². The molecule has 5 rings (SSSR count). The Hall–Kier alpha value is -2.28. The van der Waals surface area contributed by atoms with Crippen molar-refractivity contribution in [3.63, 3.8) is 0 Å². The van der Waals surface area contributed by atoms with Gasteiger partial charge in [-0.3, -0.25) is 14.9 Å². The lowest BCUT2D eigenvalue weighted by Crippen LogP contribution is -2.38. The quantitative estimate of drug-likeness (QED) is 0.116. The van der Waals surface area contributed by atoms with E-state index in [9.17, 15) is 0 Å². The van der Waals surface area contributed by atoms with E-state index in [2.05, 4.69) is 97.5 Å². The number of ether oxygens (including phenoxy) is 3. The second-order valence-electron chi connectivity index (χ2n) is 13.3. The number of benzene rings is 2. The zero-order valence-corrected chi connectivity index (χ0v) is 35.8. The van der Waals surface area contributed by atoms with Crippen molar-refractivity contribution in [1.82, 2.24) is 19.8 Å². The second-order valence-corrected chi connectivity index (χ2v) is 21.3. The summed E-state index contributed by atoms with van der Waals surface area (Å²) in [6.45, 7) is 9.79. The molecule has 2 aromatic heterocycles. The Kier molecular flexibility index (Phi) is 17.4. The summed E-state index contributed by atoms with van der Waals surface area (Å²) in [7, 11) is 8.39. The molecule has 7 nitrogen and oxygen atoms in total. The van der Waals surface area contributed by atoms with E-state index in [0.29, 0.717) is 21.9 Å². The highest BCUT2D eigenvalue weighted by Gasteiger charge is 2.36. The van der Waals surface area contributed by atoms with Gasteiger partial charge in [-0.1, -0.05) is 48.9 Å². The van der Waals surface area contributed by atoms with Crippen LogP contribution in [-0.2, 0) is 4.74 Å². The summed E-state index contributed by atoms with van der Waals surface area (Å²) in [6, 6.07) is 19.3. The molecule has 12 heteroatoms. The summed E-state index contributed by atoms with van der Waals surface area (Å²) in [6.07, 6.45) is 8.69. The lowest BCUT2D eigenvalue weighted by molar-refractivity contribution is 0.0928. The van der Waals surface area contributed by atoms with Crippen molar-refractivity contribution in [2.24, 2.45) is 0 Å². The number of hydrogen-bond donors (Lipinski definition) is 0. The molecule has 3 heterocycles. The van der Waals surface area contributed by atoms with Crippen LogP contribution in [0.15, 0.2) is 82.0 Å². The van der Waals surface area contributed by atoms with Gasteiger partial charge in [0.1, 0.15) is 11.5 Å². The minimum absolute atomic E-state index is 0.329. The summed E-state index contributed by atoms with van der Waals surface area (Å²) >= 11 is 19.1. The van der Waals surface area contributed by atoms with Crippen LogP contribution in [-0.4, -0.2) is 89.3 Å². The monoisotopic (exact) mass is 864 g/mol. The van der Waals surface area contributed by atoms with E-state index in [1.165, 1.54) is 11.7 Å². The van der Waals surface area contributed by atoms with E-state index < -0.39 is 8.07 Å². The van der Waals surface area contributed by atoms with Crippen LogP contribution in [0.4, 0.5) is 0 Å². The largest absolute Gasteiger partial charge is 0.496 e. The molecule has 2 atom stereocenters. The molecule has 0 N–H and O–H groups in total. The van der Waals surface area contributed by atoms with E-state index in [-0.39, 0.29) is 0 Å². The van der Waals surface area contributed by atoms with Gasteiger partial charge in [-0.2, -0.15) is 0 Å². The molecule has 1 fully saturated rings. The standard InChI is InChI=1S/C17H18BrClN2O.C14H11BrClNO.C7H19NOSi/c1-21-9-13(12-6-5-11(19)8-16(12)22-2)14(10-21)17-15(18)4-3-7-20-17;1-18-14-9-11(16)6-4-10(14)5-7-13-12(15)3-2-8-17-13;1-8(6-9-2)7-10(3,4)5/h3-8,13-14H,9-10H2,1-2H3;2-9H,1H3;6-7H2,1-5H3/b;7-5-;. The van der Waals surface area contributed by atoms with Crippen LogP contribution in [0.3, 0.4) is 0 Å². The van der Waals surface area contributed by atoms with Crippen molar-refractivity contribution >= 4 is 75.3 Å². The van der Waals surface area contributed by atoms with Gasteiger partial charge in [-0.25, -0.2) is 0 Å². The number of halogens is 4. The number of rotatable bonds is 10. The van der Waals surface area contributed by atoms with Crippen LogP contribution in [0.1, 0.15) is 34.4 Å². The Morgan fingerprint density at radius 3 is 2.04 bits per heavy atom. The van der Waals surface area contributed by atoms with Crippen molar-refractivity contribution in [3.8, 4) is 11.5 Å². The molecule has 1 aliphatic heterocycles. The summed E-state index contributed by atoms with van der Waals surface area (Å²) in [5.74, 6) is 2.26. The smallest absolute Gasteiger partial charge is 0.127 e. The van der Waals surface area contributed by atoms with E-state index in [0.717, 1.165) is 57.2 Å². The van der Waals surface area contributed by atoms with Crippen molar-refractivity contribution in [2.45, 2.75) is 31.5 Å². The normalized spacial score (nSPS) is 16.1. The maximum absolute atomic E-state index is 6.10. The molecule has 0 saturated carbocycles. The third-order valence-electron chi connectivity index (χ3n) is 7.73. The number of nitrogens with zero attached hydrogens (tertiary/aromatic N) is 4. The minimum Gasteiger partial charge on any atom is -0.496 e. The number of aromatic nitrogens is 2. The van der Waals surface area contributed by atoms with Gasteiger partial charge < -0.3 is 19.1 Å². The Labute approximate surface area is 326 Å². The fraction of sp³-hybridized carbons (Fsp3) is 0.368. The molecule has 0 aliphatic carbocycles. The number of likely N-dealkylation sites (N-methyl/N-ethyl adjacent to an activating group) is 1. The zero-order valence-electron chi connectivity index (χ0n) is 30.1. The van der Waals surface area contributed by atoms with Crippen LogP contribution in [0, 0.1) is 0 Å². The van der Waals surface area contributed by atoms with E-state index in [1.807, 2.05) is 60.8 Å². The lowest BCUT2D eigenvalue weighted by Gasteiger charge is -2.23. The van der Waals surface area contributed by atoms with Gasteiger partial charge in [0.05, 0.1) is 40.4 Å². The highest BCUT2D eigenvalue weighted by atomic mass is 79.9. The minimum atomic E-state index is -0.912. The molecule has 0 radical (unpaired) electrons. The maximum atomic E-state index is 6.10. The average molecular weight is 868 g/mol. The third-order valence-corrected chi connectivity index (χ3v) is 11.0. The average Bonchev–Trinajstić information content (AvgIpc) is 3.45. The van der Waals surface area contributed by atoms with Gasteiger partial charge in [-0.15, -0.1) is 0 Å². The molecule has 0 spiro atoms. The van der Waals surface area contributed by atoms with Gasteiger partial charge in [0.15, 0.2) is 0 Å². The van der Waals surface area contributed by atoms with E-state index in [4.69, 9.17) is 37.4 Å². The predicted octanol–water partition coefficient (Wildman–Crippen LogP) is 10.4. The highest BCUT2D eigenvalue weighted by Crippen LogP contribution is 2.44. The summed E-state index contributed by atoms with van der Waals surface area (Å²) in [5.41, 5.74) is 4.13. The van der Waals surface area contributed by atoms with Crippen LogP contribution in [0.5, 0.6) is 11.5 Å². The summed E-state index contributed by atoms with van der Waals surface area (Å²) < 4.78 is 17.8. The third kappa shape index (κ3) is 13.4. The van der Waals surface area contributed by atoms with Crippen molar-refractivity contribution in [1.29, 1.82) is 0 Å². The molecular weight excluding hydrogens is 819 g/mol. The van der Waals surface area contributed by atoms with Gasteiger partial charge in [-0.05, 0) is 124 Å². The number of methoxy groups -OCH3 is 3. The van der Waals surface area contributed by atoms with Gasteiger partial charge in [0, 0.05) is 69.0 Å². The maximum Gasteiger partial charge on any atom is 0.127 e. The van der Waals surface area contributed by atoms with Crippen LogP contribution >= 0.6 is 55.1 Å². The van der Waals surface area contributed by atoms with Crippen molar-refractivity contribution in [3.05, 3.63) is 115 Å². The van der Waals surface area contributed by atoms with Gasteiger partial charge in [0.25, 0.3) is 0 Å². The molecule has 1 saturated heterocycles. The zero-order chi connectivity index (χ0) is 36.8. The molecule has 0 bridgehead atoms.